The van der Waals surface area contributed by atoms with E-state index in [1.165, 1.54) is 4.90 Å². The minimum atomic E-state index is -0.616. The van der Waals surface area contributed by atoms with Crippen molar-refractivity contribution >= 4 is 28.6 Å². The highest BCUT2D eigenvalue weighted by Gasteiger charge is 2.32. The van der Waals surface area contributed by atoms with E-state index in [9.17, 15) is 14.4 Å². The topological polar surface area (TPSA) is 84.3 Å². The molecule has 22 heavy (non-hydrogen) atoms. The third-order valence-corrected chi connectivity index (χ3v) is 3.99. The molecule has 2 heterocycles. The Labute approximate surface area is 126 Å². The second-order valence-electron chi connectivity index (χ2n) is 5.42. The number of amides is 3. The molecule has 1 aromatic carbocycles. The molecule has 7 nitrogen and oxygen atoms in total. The minimum Gasteiger partial charge on any atom is -0.330 e. The van der Waals surface area contributed by atoms with Crippen molar-refractivity contribution in [2.75, 3.05) is 7.05 Å². The number of nitrogens with one attached hydrogen (secondary N) is 1. The first-order valence-corrected chi connectivity index (χ1v) is 7.00. The maximum atomic E-state index is 12.6. The summed E-state index contributed by atoms with van der Waals surface area (Å²) >= 11 is 0. The average Bonchev–Trinajstić information content (AvgIpc) is 2.87. The van der Waals surface area contributed by atoms with Gasteiger partial charge >= 0.3 is 0 Å². The number of carbonyl (C=O) groups excluding carboxylic acids is 3. The van der Waals surface area contributed by atoms with E-state index in [4.69, 9.17) is 0 Å². The largest absolute Gasteiger partial charge is 0.330 e. The highest BCUT2D eigenvalue weighted by atomic mass is 16.2. The molecule has 1 fully saturated rings. The zero-order chi connectivity index (χ0) is 15.9. The molecule has 1 N–H and O–H groups in total. The third-order valence-electron chi connectivity index (χ3n) is 3.99. The van der Waals surface area contributed by atoms with E-state index in [1.807, 2.05) is 13.1 Å². The maximum Gasteiger partial charge on any atom is 0.254 e. The Kier molecular flexibility index (Phi) is 3.40. The van der Waals surface area contributed by atoms with E-state index in [0.717, 1.165) is 10.9 Å². The molecular weight excluding hydrogens is 284 g/mol. The lowest BCUT2D eigenvalue weighted by atomic mass is 10.0. The van der Waals surface area contributed by atoms with Gasteiger partial charge in [-0.25, -0.2) is 0 Å². The van der Waals surface area contributed by atoms with Crippen LogP contribution in [-0.2, 0) is 16.6 Å². The van der Waals surface area contributed by atoms with Crippen LogP contribution in [0.2, 0.25) is 0 Å². The van der Waals surface area contributed by atoms with Gasteiger partial charge in [0, 0.05) is 31.5 Å². The van der Waals surface area contributed by atoms with E-state index in [2.05, 4.69) is 10.4 Å². The second kappa shape index (κ2) is 5.25. The van der Waals surface area contributed by atoms with Crippen molar-refractivity contribution in [1.29, 1.82) is 0 Å². The number of piperidine rings is 1. The van der Waals surface area contributed by atoms with Crippen LogP contribution in [0, 0.1) is 0 Å². The molecule has 0 bridgehead atoms. The van der Waals surface area contributed by atoms with Crippen molar-refractivity contribution in [2.24, 2.45) is 7.05 Å². The monoisotopic (exact) mass is 300 g/mol. The minimum absolute atomic E-state index is 0.246. The second-order valence-corrected chi connectivity index (χ2v) is 5.42. The molecule has 3 rings (SSSR count). The molecule has 1 atom stereocenters. The van der Waals surface area contributed by atoms with Crippen LogP contribution in [0.1, 0.15) is 23.2 Å². The number of imide groups is 1. The summed E-state index contributed by atoms with van der Waals surface area (Å²) in [6.07, 6.45) is 2.29. The van der Waals surface area contributed by atoms with Crippen LogP contribution < -0.4 is 5.32 Å². The highest BCUT2D eigenvalue weighted by Crippen LogP contribution is 2.18. The van der Waals surface area contributed by atoms with Crippen molar-refractivity contribution < 1.29 is 14.4 Å². The Hall–Kier alpha value is -2.70. The number of hydrogen-bond donors (Lipinski definition) is 1. The Morgan fingerprint density at radius 3 is 2.91 bits per heavy atom. The van der Waals surface area contributed by atoms with Gasteiger partial charge in [0.2, 0.25) is 11.8 Å². The normalized spacial score (nSPS) is 18.4. The van der Waals surface area contributed by atoms with Crippen LogP contribution in [0.15, 0.2) is 24.4 Å². The van der Waals surface area contributed by atoms with Gasteiger partial charge in [0.1, 0.15) is 6.04 Å². The molecule has 0 saturated carbocycles. The smallest absolute Gasteiger partial charge is 0.254 e. The fraction of sp³-hybridized carbons (Fsp3) is 0.333. The van der Waals surface area contributed by atoms with Gasteiger partial charge in [-0.2, -0.15) is 5.10 Å². The number of aromatic nitrogens is 2. The SMILES string of the molecule is CN(C(=O)c1ccc2c(cnn2C)c1)C1CCC(=O)NC1=O. The summed E-state index contributed by atoms with van der Waals surface area (Å²) in [6.45, 7) is 0. The van der Waals surface area contributed by atoms with Crippen LogP contribution in [0.3, 0.4) is 0 Å². The van der Waals surface area contributed by atoms with Crippen LogP contribution in [0.5, 0.6) is 0 Å². The van der Waals surface area contributed by atoms with Gasteiger partial charge in [-0.3, -0.25) is 24.4 Å². The molecule has 2 aromatic rings. The first-order chi connectivity index (χ1) is 10.5. The fourth-order valence-electron chi connectivity index (χ4n) is 2.69. The van der Waals surface area contributed by atoms with E-state index < -0.39 is 11.9 Å². The summed E-state index contributed by atoms with van der Waals surface area (Å²) in [7, 11) is 3.41. The van der Waals surface area contributed by atoms with Gasteiger partial charge in [0.05, 0.1) is 11.7 Å². The number of nitrogens with zero attached hydrogens (tertiary/aromatic N) is 3. The predicted octanol–water partition coefficient (Wildman–Crippen LogP) is 0.450. The molecule has 0 spiro atoms. The number of benzene rings is 1. The molecular formula is C15H16N4O3. The summed E-state index contributed by atoms with van der Waals surface area (Å²) in [6, 6.07) is 4.69. The van der Waals surface area contributed by atoms with Crippen molar-refractivity contribution in [3.63, 3.8) is 0 Å². The van der Waals surface area contributed by atoms with Crippen molar-refractivity contribution in [3.05, 3.63) is 30.0 Å². The van der Waals surface area contributed by atoms with Crippen LogP contribution in [-0.4, -0.2) is 45.5 Å². The van der Waals surface area contributed by atoms with Gasteiger partial charge in [0.15, 0.2) is 0 Å². The molecule has 3 amide bonds. The van der Waals surface area contributed by atoms with Crippen LogP contribution in [0.4, 0.5) is 0 Å². The molecule has 1 aliphatic heterocycles. The molecule has 0 radical (unpaired) electrons. The Morgan fingerprint density at radius 1 is 1.41 bits per heavy atom. The fourth-order valence-corrected chi connectivity index (χ4v) is 2.69. The first kappa shape index (κ1) is 14.2. The van der Waals surface area contributed by atoms with E-state index in [1.54, 1.807) is 30.1 Å². The Morgan fingerprint density at radius 2 is 2.18 bits per heavy atom. The molecule has 1 unspecified atom stereocenters. The third kappa shape index (κ3) is 2.34. The molecule has 114 valence electrons. The Bertz CT molecular complexity index is 780. The predicted molar refractivity (Wildman–Crippen MR) is 79.0 cm³/mol. The van der Waals surface area contributed by atoms with Gasteiger partial charge < -0.3 is 4.90 Å². The standard InChI is InChI=1S/C15H16N4O3/c1-18(12-5-6-13(20)17-14(12)21)15(22)9-3-4-11-10(7-9)8-16-19(11)2/h3-4,7-8,12H,5-6H2,1-2H3,(H,17,20,21). The van der Waals surface area contributed by atoms with Gasteiger partial charge in [0.25, 0.3) is 5.91 Å². The van der Waals surface area contributed by atoms with Crippen molar-refractivity contribution in [1.82, 2.24) is 20.0 Å². The summed E-state index contributed by atoms with van der Waals surface area (Å²) in [5.41, 5.74) is 1.42. The molecule has 1 saturated heterocycles. The first-order valence-electron chi connectivity index (χ1n) is 7.00. The number of carbonyl (C=O) groups is 3. The number of fused-ring (bicyclic) bond motifs is 1. The lowest BCUT2D eigenvalue weighted by Gasteiger charge is -2.29. The van der Waals surface area contributed by atoms with E-state index in [-0.39, 0.29) is 18.2 Å². The van der Waals surface area contributed by atoms with Crippen LogP contribution >= 0.6 is 0 Å². The molecule has 7 heteroatoms. The maximum absolute atomic E-state index is 12.6. The zero-order valence-electron chi connectivity index (χ0n) is 12.4. The van der Waals surface area contributed by atoms with E-state index >= 15 is 0 Å². The van der Waals surface area contributed by atoms with Crippen LogP contribution in [0.25, 0.3) is 10.9 Å². The Balaban J connectivity index is 1.85. The molecule has 0 aliphatic carbocycles. The summed E-state index contributed by atoms with van der Waals surface area (Å²) in [5.74, 6) is -0.964. The zero-order valence-corrected chi connectivity index (χ0v) is 12.4. The molecule has 1 aliphatic rings. The van der Waals surface area contributed by atoms with Gasteiger partial charge in [-0.1, -0.05) is 0 Å². The lowest BCUT2D eigenvalue weighted by Crippen LogP contribution is -2.52. The van der Waals surface area contributed by atoms with Crippen molar-refractivity contribution in [2.45, 2.75) is 18.9 Å². The quantitative estimate of drug-likeness (QED) is 0.816. The summed E-state index contributed by atoms with van der Waals surface area (Å²) in [5, 5.41) is 7.27. The summed E-state index contributed by atoms with van der Waals surface area (Å²) < 4.78 is 1.73. The van der Waals surface area contributed by atoms with E-state index in [0.29, 0.717) is 12.0 Å². The number of aryl methyl sites for hydroxylation is 1. The van der Waals surface area contributed by atoms with Crippen molar-refractivity contribution in [3.8, 4) is 0 Å². The average molecular weight is 300 g/mol. The number of hydrogen-bond acceptors (Lipinski definition) is 4. The number of rotatable bonds is 2. The number of likely N-dealkylation sites (N-methyl/N-ethyl adjacent to an activating group) is 1. The van der Waals surface area contributed by atoms with Gasteiger partial charge in [-0.05, 0) is 24.6 Å². The molecule has 1 aromatic heterocycles. The lowest BCUT2D eigenvalue weighted by molar-refractivity contribution is -0.136. The highest BCUT2D eigenvalue weighted by molar-refractivity contribution is 6.04. The van der Waals surface area contributed by atoms with Gasteiger partial charge in [-0.15, -0.1) is 0 Å². The summed E-state index contributed by atoms with van der Waals surface area (Å²) in [4.78, 5) is 37.0.